The summed E-state index contributed by atoms with van der Waals surface area (Å²) in [5.74, 6) is 1.52. The van der Waals surface area contributed by atoms with Crippen molar-refractivity contribution in [3.63, 3.8) is 0 Å². The molecule has 2 atom stereocenters. The summed E-state index contributed by atoms with van der Waals surface area (Å²) in [5, 5.41) is 0. The molecular weight excluding hydrogens is 250 g/mol. The van der Waals surface area contributed by atoms with Crippen LogP contribution in [0.25, 0.3) is 11.2 Å². The first-order valence-corrected chi connectivity index (χ1v) is 7.30. The predicted molar refractivity (Wildman–Crippen MR) is 80.5 cm³/mol. The Morgan fingerprint density at radius 1 is 1.20 bits per heavy atom. The van der Waals surface area contributed by atoms with Gasteiger partial charge in [0.25, 0.3) is 0 Å². The summed E-state index contributed by atoms with van der Waals surface area (Å²) in [6, 6.07) is 4.50. The second-order valence-corrected chi connectivity index (χ2v) is 5.53. The van der Waals surface area contributed by atoms with Gasteiger partial charge in [-0.3, -0.25) is 4.98 Å². The SMILES string of the molecule is CN(c1ccc2nccnc2n1)C1CCCCC1CN. The van der Waals surface area contributed by atoms with Crippen LogP contribution in [0.15, 0.2) is 24.5 Å². The lowest BCUT2D eigenvalue weighted by Gasteiger charge is -2.38. The average molecular weight is 271 g/mol. The molecule has 0 saturated heterocycles. The monoisotopic (exact) mass is 271 g/mol. The van der Waals surface area contributed by atoms with Crippen molar-refractivity contribution in [3.05, 3.63) is 24.5 Å². The Kier molecular flexibility index (Phi) is 3.78. The molecule has 1 fully saturated rings. The van der Waals surface area contributed by atoms with Crippen molar-refractivity contribution in [1.82, 2.24) is 15.0 Å². The second kappa shape index (κ2) is 5.71. The van der Waals surface area contributed by atoms with Gasteiger partial charge < -0.3 is 10.6 Å². The van der Waals surface area contributed by atoms with Crippen LogP contribution >= 0.6 is 0 Å². The molecule has 0 amide bonds. The van der Waals surface area contributed by atoms with Crippen LogP contribution in [0.3, 0.4) is 0 Å². The molecule has 2 aromatic heterocycles. The third-order valence-electron chi connectivity index (χ3n) is 4.35. The quantitative estimate of drug-likeness (QED) is 0.924. The maximum absolute atomic E-state index is 5.93. The smallest absolute Gasteiger partial charge is 0.180 e. The lowest BCUT2D eigenvalue weighted by molar-refractivity contribution is 0.305. The van der Waals surface area contributed by atoms with Crippen molar-refractivity contribution in [2.75, 3.05) is 18.5 Å². The van der Waals surface area contributed by atoms with Crippen molar-refractivity contribution in [2.24, 2.45) is 11.7 Å². The fourth-order valence-electron chi connectivity index (χ4n) is 3.18. The molecule has 5 nitrogen and oxygen atoms in total. The van der Waals surface area contributed by atoms with E-state index < -0.39 is 0 Å². The Balaban J connectivity index is 1.89. The minimum atomic E-state index is 0.482. The summed E-state index contributed by atoms with van der Waals surface area (Å²) in [7, 11) is 2.11. The van der Waals surface area contributed by atoms with Crippen molar-refractivity contribution in [2.45, 2.75) is 31.7 Å². The maximum Gasteiger partial charge on any atom is 0.180 e. The Bertz CT molecular complexity index is 585. The van der Waals surface area contributed by atoms with E-state index >= 15 is 0 Å². The molecule has 0 aromatic carbocycles. The van der Waals surface area contributed by atoms with Crippen molar-refractivity contribution >= 4 is 17.0 Å². The zero-order valence-electron chi connectivity index (χ0n) is 11.9. The highest BCUT2D eigenvalue weighted by molar-refractivity contribution is 5.71. The lowest BCUT2D eigenvalue weighted by Crippen LogP contribution is -2.43. The van der Waals surface area contributed by atoms with Crippen molar-refractivity contribution in [3.8, 4) is 0 Å². The standard InChI is InChI=1S/C15H21N5/c1-20(13-5-3-2-4-11(13)10-16)14-7-6-12-15(19-14)18-9-8-17-12/h6-9,11,13H,2-5,10,16H2,1H3. The molecular formula is C15H21N5. The minimum absolute atomic E-state index is 0.482. The number of nitrogens with zero attached hydrogens (tertiary/aromatic N) is 4. The van der Waals surface area contributed by atoms with Gasteiger partial charge in [0.2, 0.25) is 0 Å². The number of anilines is 1. The van der Waals surface area contributed by atoms with Gasteiger partial charge in [-0.05, 0) is 37.4 Å². The van der Waals surface area contributed by atoms with E-state index in [1.807, 2.05) is 12.1 Å². The third kappa shape index (κ3) is 2.45. The topological polar surface area (TPSA) is 67.9 Å². The molecule has 0 aliphatic heterocycles. The van der Waals surface area contributed by atoms with E-state index in [0.29, 0.717) is 17.6 Å². The molecule has 20 heavy (non-hydrogen) atoms. The van der Waals surface area contributed by atoms with Gasteiger partial charge in [-0.25, -0.2) is 9.97 Å². The van der Waals surface area contributed by atoms with Crippen LogP contribution in [0.1, 0.15) is 25.7 Å². The van der Waals surface area contributed by atoms with Gasteiger partial charge in [0.1, 0.15) is 11.3 Å². The predicted octanol–water partition coefficient (Wildman–Crippen LogP) is 1.98. The zero-order chi connectivity index (χ0) is 13.9. The summed E-state index contributed by atoms with van der Waals surface area (Å²) in [4.78, 5) is 15.4. The highest BCUT2D eigenvalue weighted by Gasteiger charge is 2.28. The Hall–Kier alpha value is -1.75. The van der Waals surface area contributed by atoms with E-state index in [2.05, 4.69) is 26.9 Å². The summed E-state index contributed by atoms with van der Waals surface area (Å²) >= 11 is 0. The lowest BCUT2D eigenvalue weighted by atomic mass is 9.84. The molecule has 1 saturated carbocycles. The van der Waals surface area contributed by atoms with E-state index in [-0.39, 0.29) is 0 Å². The molecule has 106 valence electrons. The van der Waals surface area contributed by atoms with Crippen molar-refractivity contribution in [1.29, 1.82) is 0 Å². The maximum atomic E-state index is 5.93. The van der Waals surface area contributed by atoms with Gasteiger partial charge in [0.15, 0.2) is 5.65 Å². The molecule has 0 spiro atoms. The van der Waals surface area contributed by atoms with Crippen LogP contribution in [-0.4, -0.2) is 34.6 Å². The first-order valence-electron chi connectivity index (χ1n) is 7.30. The van der Waals surface area contributed by atoms with Crippen LogP contribution in [-0.2, 0) is 0 Å². The van der Waals surface area contributed by atoms with Gasteiger partial charge in [-0.1, -0.05) is 12.8 Å². The van der Waals surface area contributed by atoms with Gasteiger partial charge in [0, 0.05) is 25.5 Å². The molecule has 1 aliphatic rings. The van der Waals surface area contributed by atoms with E-state index in [4.69, 9.17) is 5.73 Å². The van der Waals surface area contributed by atoms with Gasteiger partial charge in [-0.15, -0.1) is 0 Å². The van der Waals surface area contributed by atoms with Crippen LogP contribution in [0, 0.1) is 5.92 Å². The third-order valence-corrected chi connectivity index (χ3v) is 4.35. The van der Waals surface area contributed by atoms with Gasteiger partial charge in [0.05, 0.1) is 0 Å². The largest absolute Gasteiger partial charge is 0.356 e. The number of hydrogen-bond donors (Lipinski definition) is 1. The van der Waals surface area contributed by atoms with E-state index in [9.17, 15) is 0 Å². The normalized spacial score (nSPS) is 22.9. The van der Waals surface area contributed by atoms with Gasteiger partial charge in [-0.2, -0.15) is 0 Å². The fraction of sp³-hybridized carbons (Fsp3) is 0.533. The number of pyridine rings is 1. The zero-order valence-corrected chi connectivity index (χ0v) is 11.9. The highest BCUT2D eigenvalue weighted by atomic mass is 15.2. The highest BCUT2D eigenvalue weighted by Crippen LogP contribution is 2.29. The first-order chi connectivity index (χ1) is 9.79. The van der Waals surface area contributed by atoms with Crippen LogP contribution in [0.5, 0.6) is 0 Å². The molecule has 5 heteroatoms. The van der Waals surface area contributed by atoms with Gasteiger partial charge >= 0.3 is 0 Å². The minimum Gasteiger partial charge on any atom is -0.356 e. The van der Waals surface area contributed by atoms with Crippen molar-refractivity contribution < 1.29 is 0 Å². The number of aromatic nitrogens is 3. The molecule has 2 aromatic rings. The fourth-order valence-corrected chi connectivity index (χ4v) is 3.18. The molecule has 2 N–H and O–H groups in total. The van der Waals surface area contributed by atoms with Crippen LogP contribution in [0.4, 0.5) is 5.82 Å². The summed E-state index contributed by atoms with van der Waals surface area (Å²) < 4.78 is 0. The van der Waals surface area contributed by atoms with Crippen LogP contribution in [0.2, 0.25) is 0 Å². The van der Waals surface area contributed by atoms with E-state index in [1.165, 1.54) is 25.7 Å². The molecule has 1 aliphatic carbocycles. The Morgan fingerprint density at radius 2 is 2.00 bits per heavy atom. The first kappa shape index (κ1) is 13.2. The second-order valence-electron chi connectivity index (χ2n) is 5.53. The molecule has 0 radical (unpaired) electrons. The Labute approximate surface area is 119 Å². The molecule has 2 heterocycles. The summed E-state index contributed by atoms with van der Waals surface area (Å²) in [6.07, 6.45) is 8.36. The number of hydrogen-bond acceptors (Lipinski definition) is 5. The van der Waals surface area contributed by atoms with E-state index in [0.717, 1.165) is 17.9 Å². The summed E-state index contributed by atoms with van der Waals surface area (Å²) in [6.45, 7) is 0.752. The van der Waals surface area contributed by atoms with Crippen LogP contribution < -0.4 is 10.6 Å². The number of fused-ring (bicyclic) bond motifs is 1. The number of nitrogens with two attached hydrogens (primary N) is 1. The molecule has 2 unspecified atom stereocenters. The Morgan fingerprint density at radius 3 is 2.85 bits per heavy atom. The summed E-state index contributed by atoms with van der Waals surface area (Å²) in [5.41, 5.74) is 7.47. The molecule has 0 bridgehead atoms. The molecule has 3 rings (SSSR count). The number of rotatable bonds is 3. The average Bonchev–Trinajstić information content (AvgIpc) is 2.53. The van der Waals surface area contributed by atoms with E-state index in [1.54, 1.807) is 12.4 Å².